The normalized spacial score (nSPS) is 10.8. The zero-order valence-electron chi connectivity index (χ0n) is 14.6. The highest BCUT2D eigenvalue weighted by Crippen LogP contribution is 2.33. The van der Waals surface area contributed by atoms with E-state index in [0.717, 1.165) is 22.3 Å². The van der Waals surface area contributed by atoms with Gasteiger partial charge >= 0.3 is 0 Å². The fourth-order valence-corrected chi connectivity index (χ4v) is 3.17. The molecule has 4 aromatic rings. The lowest BCUT2D eigenvalue weighted by molar-refractivity contribution is 0.555. The molecular weight excluding hydrogens is 338 g/mol. The molecular formula is C21H17N5O. The van der Waals surface area contributed by atoms with Crippen LogP contribution in [0.25, 0.3) is 27.9 Å². The lowest BCUT2D eigenvalue weighted by Crippen LogP contribution is -2.24. The van der Waals surface area contributed by atoms with Crippen molar-refractivity contribution >= 4 is 5.52 Å². The maximum atomic E-state index is 13.1. The molecule has 3 heterocycles. The maximum absolute atomic E-state index is 13.1. The van der Waals surface area contributed by atoms with Crippen molar-refractivity contribution in [2.24, 2.45) is 0 Å². The SMILES string of the molecule is N#CCCCn1nccc(-c2c(-c3ccccc3)nn3ccccc23)c1=O. The van der Waals surface area contributed by atoms with E-state index in [1.165, 1.54) is 4.68 Å². The predicted octanol–water partition coefficient (Wildman–Crippen LogP) is 3.53. The Balaban J connectivity index is 1.93. The molecule has 27 heavy (non-hydrogen) atoms. The van der Waals surface area contributed by atoms with Crippen LogP contribution in [-0.2, 0) is 6.54 Å². The molecule has 4 rings (SSSR count). The van der Waals surface area contributed by atoms with E-state index in [1.54, 1.807) is 16.8 Å². The Hall–Kier alpha value is -3.72. The summed E-state index contributed by atoms with van der Waals surface area (Å²) in [5.41, 5.74) is 3.75. The van der Waals surface area contributed by atoms with Gasteiger partial charge in [-0.2, -0.15) is 15.5 Å². The summed E-state index contributed by atoms with van der Waals surface area (Å²) in [5.74, 6) is 0. The van der Waals surface area contributed by atoms with Gasteiger partial charge in [0.2, 0.25) is 0 Å². The Morgan fingerprint density at radius 3 is 2.67 bits per heavy atom. The average molecular weight is 355 g/mol. The molecule has 1 aromatic carbocycles. The van der Waals surface area contributed by atoms with Crippen molar-refractivity contribution in [3.8, 4) is 28.5 Å². The van der Waals surface area contributed by atoms with Crippen LogP contribution in [0, 0.1) is 11.3 Å². The number of pyridine rings is 1. The van der Waals surface area contributed by atoms with Crippen molar-refractivity contribution in [3.05, 3.63) is 77.3 Å². The third kappa shape index (κ3) is 3.11. The number of aryl methyl sites for hydroxylation is 1. The molecule has 0 fully saturated rings. The van der Waals surface area contributed by atoms with E-state index < -0.39 is 0 Å². The quantitative estimate of drug-likeness (QED) is 0.513. The van der Waals surface area contributed by atoms with Crippen molar-refractivity contribution in [1.82, 2.24) is 19.4 Å². The summed E-state index contributed by atoms with van der Waals surface area (Å²) in [6.07, 6.45) is 4.49. The van der Waals surface area contributed by atoms with E-state index >= 15 is 0 Å². The maximum Gasteiger partial charge on any atom is 0.274 e. The third-order valence-electron chi connectivity index (χ3n) is 4.43. The molecule has 0 aliphatic carbocycles. The first kappa shape index (κ1) is 16.7. The van der Waals surface area contributed by atoms with E-state index in [2.05, 4.69) is 11.2 Å². The molecule has 6 nitrogen and oxygen atoms in total. The number of aromatic nitrogens is 4. The topological polar surface area (TPSA) is 76.0 Å². The third-order valence-corrected chi connectivity index (χ3v) is 4.43. The van der Waals surface area contributed by atoms with Gasteiger partial charge in [-0.25, -0.2) is 9.20 Å². The number of hydrogen-bond donors (Lipinski definition) is 0. The van der Waals surface area contributed by atoms with E-state index in [9.17, 15) is 4.79 Å². The number of nitriles is 1. The van der Waals surface area contributed by atoms with Crippen LogP contribution in [0.15, 0.2) is 71.8 Å². The first-order chi connectivity index (χ1) is 13.3. The van der Waals surface area contributed by atoms with Gasteiger partial charge in [0.15, 0.2) is 0 Å². The molecule has 0 radical (unpaired) electrons. The number of fused-ring (bicyclic) bond motifs is 1. The van der Waals surface area contributed by atoms with Crippen molar-refractivity contribution in [3.63, 3.8) is 0 Å². The monoisotopic (exact) mass is 355 g/mol. The highest BCUT2D eigenvalue weighted by molar-refractivity contribution is 5.91. The van der Waals surface area contributed by atoms with Crippen LogP contribution in [0.1, 0.15) is 12.8 Å². The Labute approximate surface area is 155 Å². The molecule has 6 heteroatoms. The Bertz CT molecular complexity index is 1180. The minimum absolute atomic E-state index is 0.175. The summed E-state index contributed by atoms with van der Waals surface area (Å²) >= 11 is 0. The molecule has 0 N–H and O–H groups in total. The molecule has 0 aliphatic heterocycles. The van der Waals surface area contributed by atoms with Crippen molar-refractivity contribution in [2.45, 2.75) is 19.4 Å². The summed E-state index contributed by atoms with van der Waals surface area (Å²) < 4.78 is 3.21. The molecule has 0 unspecified atom stereocenters. The highest BCUT2D eigenvalue weighted by atomic mass is 16.1. The van der Waals surface area contributed by atoms with Crippen LogP contribution in [0.3, 0.4) is 0 Å². The first-order valence-electron chi connectivity index (χ1n) is 8.76. The van der Waals surface area contributed by atoms with Gasteiger partial charge in [0.1, 0.15) is 5.69 Å². The molecule has 3 aromatic heterocycles. The van der Waals surface area contributed by atoms with Gasteiger partial charge < -0.3 is 0 Å². The first-order valence-corrected chi connectivity index (χ1v) is 8.76. The summed E-state index contributed by atoms with van der Waals surface area (Å²) in [4.78, 5) is 13.1. The van der Waals surface area contributed by atoms with E-state index in [-0.39, 0.29) is 5.56 Å². The Kier molecular flexibility index (Phi) is 4.50. The summed E-state index contributed by atoms with van der Waals surface area (Å²) in [5, 5.41) is 17.6. The molecule has 0 amide bonds. The number of nitrogens with zero attached hydrogens (tertiary/aromatic N) is 5. The van der Waals surface area contributed by atoms with Crippen LogP contribution in [0.4, 0.5) is 0 Å². The van der Waals surface area contributed by atoms with E-state index in [0.29, 0.717) is 24.9 Å². The second-order valence-electron chi connectivity index (χ2n) is 6.15. The fraction of sp³-hybridized carbons (Fsp3) is 0.143. The van der Waals surface area contributed by atoms with Gasteiger partial charge in [-0.3, -0.25) is 4.79 Å². The van der Waals surface area contributed by atoms with Crippen molar-refractivity contribution < 1.29 is 0 Å². The number of hydrogen-bond acceptors (Lipinski definition) is 4. The number of rotatable bonds is 5. The zero-order valence-corrected chi connectivity index (χ0v) is 14.6. The van der Waals surface area contributed by atoms with Gasteiger partial charge in [0.05, 0.1) is 17.1 Å². The molecule has 132 valence electrons. The predicted molar refractivity (Wildman–Crippen MR) is 103 cm³/mol. The molecule has 0 spiro atoms. The molecule has 0 atom stereocenters. The molecule has 0 bridgehead atoms. The summed E-state index contributed by atoms with van der Waals surface area (Å²) in [6.45, 7) is 0.417. The molecule has 0 aliphatic rings. The van der Waals surface area contributed by atoms with Crippen molar-refractivity contribution in [2.75, 3.05) is 0 Å². The van der Waals surface area contributed by atoms with Crippen LogP contribution < -0.4 is 5.56 Å². The number of unbranched alkanes of at least 4 members (excludes halogenated alkanes) is 1. The van der Waals surface area contributed by atoms with Crippen molar-refractivity contribution in [1.29, 1.82) is 5.26 Å². The van der Waals surface area contributed by atoms with E-state index in [4.69, 9.17) is 10.4 Å². The Morgan fingerprint density at radius 1 is 1.04 bits per heavy atom. The largest absolute Gasteiger partial charge is 0.274 e. The zero-order chi connectivity index (χ0) is 18.6. The van der Waals surface area contributed by atoms with Gasteiger partial charge in [0, 0.05) is 36.5 Å². The van der Waals surface area contributed by atoms with E-state index in [1.807, 2.05) is 54.7 Å². The smallest absolute Gasteiger partial charge is 0.267 e. The van der Waals surface area contributed by atoms with Crippen LogP contribution >= 0.6 is 0 Å². The van der Waals surface area contributed by atoms with Gasteiger partial charge in [-0.15, -0.1) is 0 Å². The summed E-state index contributed by atoms with van der Waals surface area (Å²) in [6, 6.07) is 19.5. The molecule has 0 saturated carbocycles. The van der Waals surface area contributed by atoms with Crippen LogP contribution in [-0.4, -0.2) is 19.4 Å². The minimum Gasteiger partial charge on any atom is -0.267 e. The molecule has 0 saturated heterocycles. The standard InChI is InChI=1S/C21H17N5O/c22-12-5-7-15-26-21(27)17(11-13-23-26)19-18-10-4-6-14-25(18)24-20(19)16-8-2-1-3-9-16/h1-4,6,8-11,13-14H,5,7,15H2. The highest BCUT2D eigenvalue weighted by Gasteiger charge is 2.19. The Morgan fingerprint density at radius 2 is 1.85 bits per heavy atom. The van der Waals surface area contributed by atoms with Gasteiger partial charge in [-0.05, 0) is 24.6 Å². The van der Waals surface area contributed by atoms with Crippen LogP contribution in [0.2, 0.25) is 0 Å². The number of benzene rings is 1. The minimum atomic E-state index is -0.175. The summed E-state index contributed by atoms with van der Waals surface area (Å²) in [7, 11) is 0. The lowest BCUT2D eigenvalue weighted by Gasteiger charge is -2.07. The fourth-order valence-electron chi connectivity index (χ4n) is 3.17. The second-order valence-corrected chi connectivity index (χ2v) is 6.15. The second kappa shape index (κ2) is 7.26. The van der Waals surface area contributed by atoms with Gasteiger partial charge in [-0.1, -0.05) is 36.4 Å². The van der Waals surface area contributed by atoms with Gasteiger partial charge in [0.25, 0.3) is 5.56 Å². The van der Waals surface area contributed by atoms with Crippen LogP contribution in [0.5, 0.6) is 0 Å². The lowest BCUT2D eigenvalue weighted by atomic mass is 10.0. The average Bonchev–Trinajstić information content (AvgIpc) is 3.10.